The fourth-order valence-corrected chi connectivity index (χ4v) is 4.17. The zero-order valence-electron chi connectivity index (χ0n) is 11.7. The monoisotopic (exact) mass is 260 g/mol. The van der Waals surface area contributed by atoms with Gasteiger partial charge >= 0.3 is 0 Å². The van der Waals surface area contributed by atoms with Gasteiger partial charge in [0.2, 0.25) is 0 Å². The van der Waals surface area contributed by atoms with Crippen molar-refractivity contribution in [2.45, 2.75) is 50.4 Å². The molecule has 1 fully saturated rings. The molecule has 0 spiro atoms. The van der Waals surface area contributed by atoms with E-state index in [1.165, 1.54) is 18.6 Å². The standard InChI is InChI=1S/C13H28N2OS/c1-5-11(2)15(6-7-16-4)13(9-14)8-12(3)17-10-13/h11-12H,5-10,14H2,1-4H3. The summed E-state index contributed by atoms with van der Waals surface area (Å²) in [5, 5.41) is 0.729. The van der Waals surface area contributed by atoms with E-state index in [9.17, 15) is 0 Å². The highest BCUT2D eigenvalue weighted by Crippen LogP contribution is 2.39. The van der Waals surface area contributed by atoms with Crippen molar-refractivity contribution in [3.05, 3.63) is 0 Å². The molecule has 2 N–H and O–H groups in total. The van der Waals surface area contributed by atoms with Crippen LogP contribution in [-0.4, -0.2) is 54.3 Å². The Kier molecular flexibility index (Phi) is 6.27. The summed E-state index contributed by atoms with van der Waals surface area (Å²) in [6.07, 6.45) is 2.38. The summed E-state index contributed by atoms with van der Waals surface area (Å²) < 4.78 is 5.25. The Morgan fingerprint density at radius 2 is 2.29 bits per heavy atom. The van der Waals surface area contributed by atoms with Crippen molar-refractivity contribution in [1.29, 1.82) is 0 Å². The smallest absolute Gasteiger partial charge is 0.0590 e. The molecule has 4 heteroatoms. The van der Waals surface area contributed by atoms with Crippen LogP contribution in [0.2, 0.25) is 0 Å². The molecule has 17 heavy (non-hydrogen) atoms. The number of thioether (sulfide) groups is 1. The molecule has 0 radical (unpaired) electrons. The molecule has 1 rings (SSSR count). The summed E-state index contributed by atoms with van der Waals surface area (Å²) in [6.45, 7) is 9.42. The maximum Gasteiger partial charge on any atom is 0.0590 e. The van der Waals surface area contributed by atoms with Gasteiger partial charge in [0.1, 0.15) is 0 Å². The third-order valence-corrected chi connectivity index (χ3v) is 5.39. The van der Waals surface area contributed by atoms with Crippen molar-refractivity contribution in [2.24, 2.45) is 5.73 Å². The van der Waals surface area contributed by atoms with Crippen LogP contribution in [-0.2, 0) is 4.74 Å². The summed E-state index contributed by atoms with van der Waals surface area (Å²) >= 11 is 2.06. The van der Waals surface area contributed by atoms with Crippen molar-refractivity contribution in [3.8, 4) is 0 Å². The van der Waals surface area contributed by atoms with Gasteiger partial charge in [-0.15, -0.1) is 0 Å². The van der Waals surface area contributed by atoms with Gasteiger partial charge in [0.25, 0.3) is 0 Å². The van der Waals surface area contributed by atoms with E-state index < -0.39 is 0 Å². The highest BCUT2D eigenvalue weighted by Gasteiger charge is 2.43. The first-order valence-electron chi connectivity index (χ1n) is 6.67. The Morgan fingerprint density at radius 3 is 2.71 bits per heavy atom. The Balaban J connectivity index is 2.78. The largest absolute Gasteiger partial charge is 0.383 e. The number of hydrogen-bond acceptors (Lipinski definition) is 4. The maximum atomic E-state index is 6.10. The molecule has 0 aromatic heterocycles. The molecular formula is C13H28N2OS. The van der Waals surface area contributed by atoms with Gasteiger partial charge < -0.3 is 10.5 Å². The SMILES string of the molecule is CCC(C)N(CCOC)C1(CN)CSC(C)C1. The van der Waals surface area contributed by atoms with E-state index in [1.807, 2.05) is 0 Å². The average Bonchev–Trinajstić information content (AvgIpc) is 2.72. The van der Waals surface area contributed by atoms with Crippen molar-refractivity contribution in [3.63, 3.8) is 0 Å². The van der Waals surface area contributed by atoms with Gasteiger partial charge in [-0.05, 0) is 19.8 Å². The maximum absolute atomic E-state index is 6.10. The first-order valence-corrected chi connectivity index (χ1v) is 7.72. The van der Waals surface area contributed by atoms with Crippen LogP contribution in [0, 0.1) is 0 Å². The highest BCUT2D eigenvalue weighted by atomic mass is 32.2. The molecule has 0 amide bonds. The molecule has 3 nitrogen and oxygen atoms in total. The third kappa shape index (κ3) is 3.60. The van der Waals surface area contributed by atoms with Gasteiger partial charge in [-0.3, -0.25) is 4.90 Å². The van der Waals surface area contributed by atoms with E-state index in [2.05, 4.69) is 37.4 Å². The van der Waals surface area contributed by atoms with Crippen molar-refractivity contribution >= 4 is 11.8 Å². The van der Waals surface area contributed by atoms with Gasteiger partial charge in [-0.2, -0.15) is 11.8 Å². The molecular weight excluding hydrogens is 232 g/mol. The number of hydrogen-bond donors (Lipinski definition) is 1. The second kappa shape index (κ2) is 6.98. The first kappa shape index (κ1) is 15.3. The van der Waals surface area contributed by atoms with Gasteiger partial charge in [0.15, 0.2) is 0 Å². The second-order valence-corrected chi connectivity index (χ2v) is 6.62. The van der Waals surface area contributed by atoms with Crippen LogP contribution in [0.4, 0.5) is 0 Å². The van der Waals surface area contributed by atoms with Crippen LogP contribution in [0.5, 0.6) is 0 Å². The van der Waals surface area contributed by atoms with E-state index in [1.54, 1.807) is 7.11 Å². The molecule has 1 saturated heterocycles. The Labute approximate surface area is 110 Å². The summed E-state index contributed by atoms with van der Waals surface area (Å²) in [5.41, 5.74) is 6.29. The van der Waals surface area contributed by atoms with Crippen LogP contribution in [0.1, 0.15) is 33.6 Å². The Bertz CT molecular complexity index is 227. The summed E-state index contributed by atoms with van der Waals surface area (Å²) in [5.74, 6) is 1.17. The second-order valence-electron chi connectivity index (χ2n) is 5.20. The van der Waals surface area contributed by atoms with Gasteiger partial charge in [-0.25, -0.2) is 0 Å². The number of rotatable bonds is 7. The van der Waals surface area contributed by atoms with Crippen LogP contribution in [0.3, 0.4) is 0 Å². The molecule has 0 aromatic rings. The molecule has 0 aliphatic carbocycles. The summed E-state index contributed by atoms with van der Waals surface area (Å²) in [4.78, 5) is 2.59. The highest BCUT2D eigenvalue weighted by molar-refractivity contribution is 8.00. The Morgan fingerprint density at radius 1 is 1.59 bits per heavy atom. The third-order valence-electron chi connectivity index (χ3n) is 3.95. The molecule has 0 saturated carbocycles. The quantitative estimate of drug-likeness (QED) is 0.759. The lowest BCUT2D eigenvalue weighted by Gasteiger charge is -2.44. The minimum Gasteiger partial charge on any atom is -0.383 e. The molecule has 3 atom stereocenters. The van der Waals surface area contributed by atoms with E-state index in [4.69, 9.17) is 10.5 Å². The fraction of sp³-hybridized carbons (Fsp3) is 1.00. The minimum absolute atomic E-state index is 0.192. The van der Waals surface area contributed by atoms with Crippen LogP contribution >= 0.6 is 11.8 Å². The van der Waals surface area contributed by atoms with Crippen LogP contribution in [0.25, 0.3) is 0 Å². The lowest BCUT2D eigenvalue weighted by Crippen LogP contribution is -2.58. The normalized spacial score (nSPS) is 31.1. The van der Waals surface area contributed by atoms with Crippen molar-refractivity contribution < 1.29 is 4.74 Å². The number of methoxy groups -OCH3 is 1. The minimum atomic E-state index is 0.192. The zero-order valence-corrected chi connectivity index (χ0v) is 12.6. The molecule has 1 aliphatic heterocycles. The van der Waals surface area contributed by atoms with E-state index in [0.29, 0.717) is 6.04 Å². The van der Waals surface area contributed by atoms with Crippen molar-refractivity contribution in [1.82, 2.24) is 4.90 Å². The van der Waals surface area contributed by atoms with E-state index in [0.717, 1.165) is 24.9 Å². The number of ether oxygens (including phenoxy) is 1. The number of nitrogens with two attached hydrogens (primary N) is 1. The Hall–Kier alpha value is 0.230. The van der Waals surface area contributed by atoms with Gasteiger partial charge in [0.05, 0.1) is 6.61 Å². The lowest BCUT2D eigenvalue weighted by molar-refractivity contribution is 0.0396. The topological polar surface area (TPSA) is 38.5 Å². The van der Waals surface area contributed by atoms with Crippen LogP contribution in [0.15, 0.2) is 0 Å². The van der Waals surface area contributed by atoms with E-state index >= 15 is 0 Å². The molecule has 1 heterocycles. The molecule has 102 valence electrons. The zero-order chi connectivity index (χ0) is 12.9. The number of nitrogens with zero attached hydrogens (tertiary/aromatic N) is 1. The summed E-state index contributed by atoms with van der Waals surface area (Å²) in [6, 6.07) is 0.583. The lowest BCUT2D eigenvalue weighted by atomic mass is 9.91. The first-order chi connectivity index (χ1) is 8.09. The van der Waals surface area contributed by atoms with Crippen molar-refractivity contribution in [2.75, 3.05) is 32.6 Å². The van der Waals surface area contributed by atoms with Crippen LogP contribution < -0.4 is 5.73 Å². The molecule has 1 aliphatic rings. The van der Waals surface area contributed by atoms with Gasteiger partial charge in [0, 0.05) is 42.8 Å². The van der Waals surface area contributed by atoms with Gasteiger partial charge in [-0.1, -0.05) is 13.8 Å². The molecule has 0 bridgehead atoms. The predicted molar refractivity (Wildman–Crippen MR) is 76.7 cm³/mol. The predicted octanol–water partition coefficient (Wildman–Crippen LogP) is 1.96. The molecule has 3 unspecified atom stereocenters. The fourth-order valence-electron chi connectivity index (χ4n) is 2.75. The van der Waals surface area contributed by atoms with E-state index in [-0.39, 0.29) is 5.54 Å². The molecule has 0 aromatic carbocycles. The average molecular weight is 260 g/mol. The summed E-state index contributed by atoms with van der Waals surface area (Å²) in [7, 11) is 1.77.